The van der Waals surface area contributed by atoms with E-state index in [2.05, 4.69) is 21.8 Å². The number of carbonyl (C=O) groups is 1. The van der Waals surface area contributed by atoms with Crippen LogP contribution in [0.4, 0.5) is 5.95 Å². The minimum atomic E-state index is -0.522. The van der Waals surface area contributed by atoms with Crippen LogP contribution in [-0.2, 0) is 0 Å². The zero-order chi connectivity index (χ0) is 15.5. The van der Waals surface area contributed by atoms with Crippen molar-refractivity contribution in [2.45, 2.75) is 19.8 Å². The molecule has 5 nitrogen and oxygen atoms in total. The number of carbonyl (C=O) groups excluding carboxylic acids is 1. The van der Waals surface area contributed by atoms with Gasteiger partial charge in [0.05, 0.1) is 5.69 Å². The summed E-state index contributed by atoms with van der Waals surface area (Å²) < 4.78 is 0. The first-order chi connectivity index (χ1) is 10.6. The Morgan fingerprint density at radius 3 is 2.73 bits per heavy atom. The minimum absolute atomic E-state index is 0.266. The van der Waals surface area contributed by atoms with Gasteiger partial charge in [-0.1, -0.05) is 37.3 Å². The molecule has 1 aromatic heterocycles. The highest BCUT2D eigenvalue weighted by Gasteiger charge is 2.20. The van der Waals surface area contributed by atoms with Gasteiger partial charge in [-0.25, -0.2) is 9.97 Å². The fourth-order valence-corrected chi connectivity index (χ4v) is 2.83. The molecule has 1 atom stereocenters. The van der Waals surface area contributed by atoms with Gasteiger partial charge in [0.2, 0.25) is 5.95 Å². The maximum absolute atomic E-state index is 11.6. The third-order valence-corrected chi connectivity index (χ3v) is 3.98. The maximum atomic E-state index is 11.6. The number of hydrogen-bond donors (Lipinski definition) is 1. The van der Waals surface area contributed by atoms with E-state index in [1.165, 1.54) is 6.42 Å². The van der Waals surface area contributed by atoms with Gasteiger partial charge < -0.3 is 10.6 Å². The lowest BCUT2D eigenvalue weighted by Crippen LogP contribution is -2.36. The second kappa shape index (κ2) is 6.13. The zero-order valence-electron chi connectivity index (χ0n) is 12.7. The Bertz CT molecular complexity index is 672. The number of nitrogens with two attached hydrogens (primary N) is 1. The lowest BCUT2D eigenvalue weighted by atomic mass is 10.0. The van der Waals surface area contributed by atoms with E-state index >= 15 is 0 Å². The van der Waals surface area contributed by atoms with Crippen LogP contribution in [0.2, 0.25) is 0 Å². The van der Waals surface area contributed by atoms with Crippen LogP contribution in [0.3, 0.4) is 0 Å². The Morgan fingerprint density at radius 2 is 2.05 bits per heavy atom. The molecular formula is C17H20N4O. The average molecular weight is 296 g/mol. The van der Waals surface area contributed by atoms with Crippen molar-refractivity contribution in [3.8, 4) is 11.3 Å². The summed E-state index contributed by atoms with van der Waals surface area (Å²) in [6, 6.07) is 11.4. The lowest BCUT2D eigenvalue weighted by molar-refractivity contribution is 0.0995. The quantitative estimate of drug-likeness (QED) is 0.944. The smallest absolute Gasteiger partial charge is 0.267 e. The molecule has 22 heavy (non-hydrogen) atoms. The van der Waals surface area contributed by atoms with Gasteiger partial charge in [-0.15, -0.1) is 0 Å². The Labute approximate surface area is 130 Å². The maximum Gasteiger partial charge on any atom is 0.267 e. The van der Waals surface area contributed by atoms with Gasteiger partial charge in [-0.3, -0.25) is 4.79 Å². The van der Waals surface area contributed by atoms with E-state index in [9.17, 15) is 4.79 Å². The fourth-order valence-electron chi connectivity index (χ4n) is 2.83. The largest absolute Gasteiger partial charge is 0.364 e. The van der Waals surface area contributed by atoms with Crippen molar-refractivity contribution in [2.75, 3.05) is 18.0 Å². The molecule has 0 aliphatic carbocycles. The highest BCUT2D eigenvalue weighted by Crippen LogP contribution is 2.24. The van der Waals surface area contributed by atoms with Gasteiger partial charge in [-0.05, 0) is 24.8 Å². The SMILES string of the molecule is CC1CCCN(c2nc(C(N)=O)cc(-c3ccccc3)n2)C1. The lowest BCUT2D eigenvalue weighted by Gasteiger charge is -2.31. The summed E-state index contributed by atoms with van der Waals surface area (Å²) in [5, 5.41) is 0. The third-order valence-electron chi connectivity index (χ3n) is 3.98. The predicted molar refractivity (Wildman–Crippen MR) is 86.6 cm³/mol. The van der Waals surface area contributed by atoms with E-state index in [-0.39, 0.29) is 5.69 Å². The molecule has 0 saturated carbocycles. The van der Waals surface area contributed by atoms with E-state index < -0.39 is 5.91 Å². The third kappa shape index (κ3) is 3.08. The molecule has 1 unspecified atom stereocenters. The van der Waals surface area contributed by atoms with Crippen LogP contribution in [0.25, 0.3) is 11.3 Å². The molecule has 0 bridgehead atoms. The van der Waals surface area contributed by atoms with Crippen molar-refractivity contribution in [3.05, 3.63) is 42.1 Å². The molecule has 1 amide bonds. The first kappa shape index (κ1) is 14.5. The predicted octanol–water partition coefficient (Wildman–Crippen LogP) is 2.48. The molecule has 0 spiro atoms. The highest BCUT2D eigenvalue weighted by atomic mass is 16.1. The topological polar surface area (TPSA) is 72.1 Å². The zero-order valence-corrected chi connectivity index (χ0v) is 12.7. The highest BCUT2D eigenvalue weighted by molar-refractivity contribution is 5.92. The molecule has 1 aromatic carbocycles. The molecule has 2 N–H and O–H groups in total. The van der Waals surface area contributed by atoms with E-state index in [1.54, 1.807) is 6.07 Å². The van der Waals surface area contributed by atoms with Crippen molar-refractivity contribution in [1.82, 2.24) is 9.97 Å². The van der Waals surface area contributed by atoms with Crippen LogP contribution in [-0.4, -0.2) is 29.0 Å². The Balaban J connectivity index is 2.02. The van der Waals surface area contributed by atoms with E-state index in [4.69, 9.17) is 5.73 Å². The van der Waals surface area contributed by atoms with E-state index in [1.807, 2.05) is 30.3 Å². The molecule has 1 saturated heterocycles. The van der Waals surface area contributed by atoms with Gasteiger partial charge in [0.15, 0.2) is 0 Å². The molecule has 0 radical (unpaired) electrons. The van der Waals surface area contributed by atoms with Crippen molar-refractivity contribution >= 4 is 11.9 Å². The number of hydrogen-bond acceptors (Lipinski definition) is 4. The number of amides is 1. The Kier molecular flexibility index (Phi) is 4.04. The monoisotopic (exact) mass is 296 g/mol. The van der Waals surface area contributed by atoms with Gasteiger partial charge in [-0.2, -0.15) is 0 Å². The molecule has 3 rings (SSSR count). The Morgan fingerprint density at radius 1 is 1.27 bits per heavy atom. The number of anilines is 1. The molecule has 1 aliphatic rings. The van der Waals surface area contributed by atoms with Crippen LogP contribution >= 0.6 is 0 Å². The van der Waals surface area contributed by atoms with Gasteiger partial charge in [0.1, 0.15) is 5.69 Å². The number of primary amides is 1. The van der Waals surface area contributed by atoms with E-state index in [0.717, 1.165) is 30.8 Å². The molecule has 2 aromatic rings. The molecule has 114 valence electrons. The van der Waals surface area contributed by atoms with Crippen molar-refractivity contribution in [2.24, 2.45) is 11.7 Å². The summed E-state index contributed by atoms with van der Waals surface area (Å²) in [5.41, 5.74) is 7.40. The molecular weight excluding hydrogens is 276 g/mol. The fraction of sp³-hybridized carbons (Fsp3) is 0.353. The minimum Gasteiger partial charge on any atom is -0.364 e. The molecule has 1 aliphatic heterocycles. The van der Waals surface area contributed by atoms with Gasteiger partial charge in [0.25, 0.3) is 5.91 Å². The summed E-state index contributed by atoms with van der Waals surface area (Å²) in [4.78, 5) is 22.8. The van der Waals surface area contributed by atoms with Crippen molar-refractivity contribution < 1.29 is 4.79 Å². The second-order valence-electron chi connectivity index (χ2n) is 5.86. The molecule has 1 fully saturated rings. The number of benzene rings is 1. The summed E-state index contributed by atoms with van der Waals surface area (Å²) in [6.45, 7) is 4.05. The van der Waals surface area contributed by atoms with Crippen molar-refractivity contribution in [1.29, 1.82) is 0 Å². The standard InChI is InChI=1S/C17H20N4O/c1-12-6-5-9-21(11-12)17-19-14(10-15(20-17)16(18)22)13-7-3-2-4-8-13/h2-4,7-8,10,12H,5-6,9,11H2,1H3,(H2,18,22). The van der Waals surface area contributed by atoms with Crippen LogP contribution in [0.1, 0.15) is 30.3 Å². The number of nitrogens with zero attached hydrogens (tertiary/aromatic N) is 3. The van der Waals surface area contributed by atoms with Crippen LogP contribution in [0.5, 0.6) is 0 Å². The van der Waals surface area contributed by atoms with E-state index in [0.29, 0.717) is 11.9 Å². The van der Waals surface area contributed by atoms with Gasteiger partial charge >= 0.3 is 0 Å². The first-order valence-electron chi connectivity index (χ1n) is 7.63. The normalized spacial score (nSPS) is 18.2. The van der Waals surface area contributed by atoms with Crippen LogP contribution in [0, 0.1) is 5.92 Å². The van der Waals surface area contributed by atoms with Gasteiger partial charge in [0, 0.05) is 18.7 Å². The number of rotatable bonds is 3. The molecule has 2 heterocycles. The summed E-state index contributed by atoms with van der Waals surface area (Å²) in [7, 11) is 0. The summed E-state index contributed by atoms with van der Waals surface area (Å²) in [5.74, 6) is 0.683. The second-order valence-corrected chi connectivity index (χ2v) is 5.86. The average Bonchev–Trinajstić information content (AvgIpc) is 2.55. The summed E-state index contributed by atoms with van der Waals surface area (Å²) in [6.07, 6.45) is 2.34. The van der Waals surface area contributed by atoms with Crippen LogP contribution < -0.4 is 10.6 Å². The number of piperidine rings is 1. The van der Waals surface area contributed by atoms with Crippen molar-refractivity contribution in [3.63, 3.8) is 0 Å². The number of aromatic nitrogens is 2. The molecule has 5 heteroatoms. The van der Waals surface area contributed by atoms with Crippen LogP contribution in [0.15, 0.2) is 36.4 Å². The first-order valence-corrected chi connectivity index (χ1v) is 7.63. The Hall–Kier alpha value is -2.43. The summed E-state index contributed by atoms with van der Waals surface area (Å²) >= 11 is 0.